The summed E-state index contributed by atoms with van der Waals surface area (Å²) in [7, 11) is 0. The van der Waals surface area contributed by atoms with Gasteiger partial charge in [0.2, 0.25) is 0 Å². The average Bonchev–Trinajstić information content (AvgIpc) is 2.93. The Morgan fingerprint density at radius 3 is 2.38 bits per heavy atom. The van der Waals surface area contributed by atoms with Gasteiger partial charge in [-0.2, -0.15) is 0 Å². The van der Waals surface area contributed by atoms with Gasteiger partial charge >= 0.3 is 0 Å². The van der Waals surface area contributed by atoms with Gasteiger partial charge in [-0.15, -0.1) is 11.6 Å². The summed E-state index contributed by atoms with van der Waals surface area (Å²) in [4.78, 5) is 0. The number of ether oxygens (including phenoxy) is 1. The van der Waals surface area contributed by atoms with Gasteiger partial charge in [0.05, 0.1) is 0 Å². The standard InChI is InChI=1S/C17H15ClF2O/c18-9-12-7-15(19)17(16(20)8-12)21-10-11-4-5-13-2-1-3-14(13)6-11/h4-8H,1-3,9-10H2. The molecule has 0 bridgehead atoms. The van der Waals surface area contributed by atoms with Gasteiger partial charge in [0.25, 0.3) is 0 Å². The van der Waals surface area contributed by atoms with Crippen molar-refractivity contribution in [1.82, 2.24) is 0 Å². The topological polar surface area (TPSA) is 9.23 Å². The normalized spacial score (nSPS) is 13.3. The SMILES string of the molecule is Fc1cc(CCl)cc(F)c1OCc1ccc2c(c1)CCC2. The number of hydrogen-bond acceptors (Lipinski definition) is 1. The van der Waals surface area contributed by atoms with E-state index in [9.17, 15) is 8.78 Å². The molecule has 0 amide bonds. The maximum atomic E-state index is 13.8. The Balaban J connectivity index is 1.76. The van der Waals surface area contributed by atoms with Crippen molar-refractivity contribution in [3.8, 4) is 5.75 Å². The summed E-state index contributed by atoms with van der Waals surface area (Å²) >= 11 is 5.58. The molecule has 4 heteroatoms. The van der Waals surface area contributed by atoms with E-state index in [1.54, 1.807) is 0 Å². The van der Waals surface area contributed by atoms with Crippen LogP contribution in [0.25, 0.3) is 0 Å². The highest BCUT2D eigenvalue weighted by Gasteiger charge is 2.14. The first-order chi connectivity index (χ1) is 10.2. The Bertz CT molecular complexity index is 647. The lowest BCUT2D eigenvalue weighted by atomic mass is 10.1. The first kappa shape index (κ1) is 14.3. The van der Waals surface area contributed by atoms with Crippen molar-refractivity contribution in [1.29, 1.82) is 0 Å². The van der Waals surface area contributed by atoms with Crippen molar-refractivity contribution < 1.29 is 13.5 Å². The van der Waals surface area contributed by atoms with Gasteiger partial charge in [0.15, 0.2) is 17.4 Å². The summed E-state index contributed by atoms with van der Waals surface area (Å²) in [6.07, 6.45) is 3.35. The lowest BCUT2D eigenvalue weighted by molar-refractivity contribution is 0.274. The van der Waals surface area contributed by atoms with E-state index in [4.69, 9.17) is 16.3 Å². The molecule has 0 saturated heterocycles. The quantitative estimate of drug-likeness (QED) is 0.739. The highest BCUT2D eigenvalue weighted by atomic mass is 35.5. The molecule has 0 radical (unpaired) electrons. The second-order valence-electron chi connectivity index (χ2n) is 5.27. The predicted octanol–water partition coefficient (Wildman–Crippen LogP) is 4.77. The fourth-order valence-corrected chi connectivity index (χ4v) is 2.85. The molecule has 21 heavy (non-hydrogen) atoms. The van der Waals surface area contributed by atoms with Gasteiger partial charge in [-0.25, -0.2) is 8.78 Å². The van der Waals surface area contributed by atoms with Gasteiger partial charge < -0.3 is 4.74 Å². The van der Waals surface area contributed by atoms with Crippen molar-refractivity contribution in [2.45, 2.75) is 31.7 Å². The number of fused-ring (bicyclic) bond motifs is 1. The summed E-state index contributed by atoms with van der Waals surface area (Å²) in [5.41, 5.74) is 4.00. The van der Waals surface area contributed by atoms with E-state index in [0.29, 0.717) is 5.56 Å². The fraction of sp³-hybridized carbons (Fsp3) is 0.294. The summed E-state index contributed by atoms with van der Waals surface area (Å²) in [5, 5.41) is 0. The van der Waals surface area contributed by atoms with Crippen LogP contribution in [0.2, 0.25) is 0 Å². The molecule has 1 nitrogen and oxygen atoms in total. The smallest absolute Gasteiger partial charge is 0.191 e. The van der Waals surface area contributed by atoms with Gasteiger partial charge in [-0.3, -0.25) is 0 Å². The fourth-order valence-electron chi connectivity index (χ4n) is 2.70. The minimum Gasteiger partial charge on any atom is -0.483 e. The largest absolute Gasteiger partial charge is 0.483 e. The average molecular weight is 309 g/mol. The molecule has 0 aliphatic heterocycles. The molecule has 3 rings (SSSR count). The van der Waals surface area contributed by atoms with Crippen molar-refractivity contribution in [2.75, 3.05) is 0 Å². The highest BCUT2D eigenvalue weighted by molar-refractivity contribution is 6.17. The predicted molar refractivity (Wildman–Crippen MR) is 78.7 cm³/mol. The Morgan fingerprint density at radius 1 is 0.952 bits per heavy atom. The van der Waals surface area contributed by atoms with Crippen LogP contribution in [0.4, 0.5) is 8.78 Å². The first-order valence-corrected chi connectivity index (χ1v) is 7.48. The van der Waals surface area contributed by atoms with Crippen LogP contribution >= 0.6 is 11.6 Å². The van der Waals surface area contributed by atoms with E-state index in [1.165, 1.54) is 29.7 Å². The minimum atomic E-state index is -0.716. The van der Waals surface area contributed by atoms with E-state index in [2.05, 4.69) is 12.1 Å². The van der Waals surface area contributed by atoms with Crippen molar-refractivity contribution in [2.24, 2.45) is 0 Å². The molecule has 2 aromatic carbocycles. The van der Waals surface area contributed by atoms with Crippen LogP contribution in [0, 0.1) is 11.6 Å². The molecule has 0 unspecified atom stereocenters. The summed E-state index contributed by atoms with van der Waals surface area (Å²) in [5.74, 6) is -1.71. The van der Waals surface area contributed by atoms with Crippen LogP contribution in [-0.2, 0) is 25.3 Å². The Kier molecular flexibility index (Phi) is 4.11. The van der Waals surface area contributed by atoms with E-state index in [-0.39, 0.29) is 18.2 Å². The lowest BCUT2D eigenvalue weighted by Gasteiger charge is -2.10. The zero-order chi connectivity index (χ0) is 14.8. The van der Waals surface area contributed by atoms with Crippen LogP contribution in [0.1, 0.15) is 28.7 Å². The van der Waals surface area contributed by atoms with E-state index >= 15 is 0 Å². The molecule has 2 aromatic rings. The number of halogens is 3. The highest BCUT2D eigenvalue weighted by Crippen LogP contribution is 2.26. The van der Waals surface area contributed by atoms with Gasteiger partial charge in [-0.05, 0) is 53.6 Å². The van der Waals surface area contributed by atoms with Crippen LogP contribution in [0.5, 0.6) is 5.75 Å². The van der Waals surface area contributed by atoms with Crippen molar-refractivity contribution >= 4 is 11.6 Å². The third kappa shape index (κ3) is 3.03. The van der Waals surface area contributed by atoms with E-state index in [0.717, 1.165) is 18.4 Å². The lowest BCUT2D eigenvalue weighted by Crippen LogP contribution is -2.01. The molecule has 0 atom stereocenters. The van der Waals surface area contributed by atoms with Crippen LogP contribution in [0.15, 0.2) is 30.3 Å². The number of aryl methyl sites for hydroxylation is 2. The third-order valence-corrected chi connectivity index (χ3v) is 4.07. The molecule has 0 N–H and O–H groups in total. The molecule has 1 aliphatic rings. The number of hydrogen-bond donors (Lipinski definition) is 0. The van der Waals surface area contributed by atoms with Crippen LogP contribution < -0.4 is 4.74 Å². The maximum absolute atomic E-state index is 13.8. The maximum Gasteiger partial charge on any atom is 0.191 e. The first-order valence-electron chi connectivity index (χ1n) is 6.94. The molecule has 0 spiro atoms. The number of benzene rings is 2. The zero-order valence-corrected chi connectivity index (χ0v) is 12.2. The van der Waals surface area contributed by atoms with Gasteiger partial charge in [0, 0.05) is 5.88 Å². The third-order valence-electron chi connectivity index (χ3n) is 3.76. The molecular formula is C17H15ClF2O. The van der Waals surface area contributed by atoms with Crippen LogP contribution in [0.3, 0.4) is 0 Å². The summed E-state index contributed by atoms with van der Waals surface area (Å²) in [6, 6.07) is 8.49. The summed E-state index contributed by atoms with van der Waals surface area (Å²) < 4.78 is 32.9. The second-order valence-corrected chi connectivity index (χ2v) is 5.53. The molecule has 0 aromatic heterocycles. The minimum absolute atomic E-state index is 0.0684. The second kappa shape index (κ2) is 6.02. The van der Waals surface area contributed by atoms with E-state index in [1.807, 2.05) is 6.07 Å². The molecular weight excluding hydrogens is 294 g/mol. The summed E-state index contributed by atoms with van der Waals surface area (Å²) in [6.45, 7) is 0.154. The molecule has 0 fully saturated rings. The Morgan fingerprint density at radius 2 is 1.67 bits per heavy atom. The molecule has 0 saturated carbocycles. The molecule has 0 heterocycles. The number of rotatable bonds is 4. The Hall–Kier alpha value is -1.61. The molecule has 1 aliphatic carbocycles. The monoisotopic (exact) mass is 308 g/mol. The van der Waals surface area contributed by atoms with Gasteiger partial charge in [0.1, 0.15) is 6.61 Å². The zero-order valence-electron chi connectivity index (χ0n) is 11.5. The Labute approximate surface area is 127 Å². The van der Waals surface area contributed by atoms with Crippen molar-refractivity contribution in [3.05, 3.63) is 64.2 Å². The van der Waals surface area contributed by atoms with Crippen LogP contribution in [-0.4, -0.2) is 0 Å². The van der Waals surface area contributed by atoms with Gasteiger partial charge in [-0.1, -0.05) is 18.2 Å². The van der Waals surface area contributed by atoms with Crippen molar-refractivity contribution in [3.63, 3.8) is 0 Å². The number of alkyl halides is 1. The van der Waals surface area contributed by atoms with E-state index < -0.39 is 11.6 Å². The molecule has 110 valence electrons.